The topological polar surface area (TPSA) is 97.4 Å². The van der Waals surface area contributed by atoms with E-state index in [4.69, 9.17) is 14.5 Å². The number of para-hydroxylation sites is 1. The van der Waals surface area contributed by atoms with Gasteiger partial charge in [-0.25, -0.2) is 4.98 Å². The third kappa shape index (κ3) is 6.05. The highest BCUT2D eigenvalue weighted by atomic mass is 16.5. The molecule has 1 heterocycles. The molecule has 8 nitrogen and oxygen atoms in total. The van der Waals surface area contributed by atoms with Crippen LogP contribution in [0.1, 0.15) is 27.0 Å². The van der Waals surface area contributed by atoms with Crippen LogP contribution in [0.3, 0.4) is 0 Å². The molecule has 0 aliphatic rings. The smallest absolute Gasteiger partial charge is 0.253 e. The Balaban J connectivity index is 1.72. The van der Waals surface area contributed by atoms with Crippen LogP contribution in [-0.2, 0) is 0 Å². The van der Waals surface area contributed by atoms with Crippen LogP contribution in [0.25, 0.3) is 12.2 Å². The molecule has 37 heavy (non-hydrogen) atoms. The van der Waals surface area contributed by atoms with Gasteiger partial charge in [-0.2, -0.15) is 4.98 Å². The maximum atomic E-state index is 12.4. The number of anilines is 4. The van der Waals surface area contributed by atoms with Crippen LogP contribution in [-0.4, -0.2) is 37.1 Å². The molecule has 0 aliphatic heterocycles. The molecular formula is C29H29N5O3. The molecule has 4 aromatic rings. The second-order valence-electron chi connectivity index (χ2n) is 8.14. The highest BCUT2D eigenvalue weighted by Crippen LogP contribution is 2.35. The Hall–Kier alpha value is -4.85. The minimum atomic E-state index is -0.197. The minimum absolute atomic E-state index is 0.197. The number of amides is 1. The number of nitrogens with zero attached hydrogens (tertiary/aromatic N) is 2. The molecule has 0 radical (unpaired) electrons. The van der Waals surface area contributed by atoms with Crippen LogP contribution in [0.15, 0.2) is 72.9 Å². The summed E-state index contributed by atoms with van der Waals surface area (Å²) in [6.07, 6.45) is 5.65. The highest BCUT2D eigenvalue weighted by Gasteiger charge is 2.14. The zero-order chi connectivity index (χ0) is 26.2. The minimum Gasteiger partial charge on any atom is -0.493 e. The Kier molecular flexibility index (Phi) is 8.00. The number of hydrogen-bond acceptors (Lipinski definition) is 7. The van der Waals surface area contributed by atoms with Gasteiger partial charge in [0.05, 0.1) is 25.5 Å². The number of hydrogen-bond donors (Lipinski definition) is 3. The number of ether oxygens (including phenoxy) is 2. The second-order valence-corrected chi connectivity index (χ2v) is 8.14. The van der Waals surface area contributed by atoms with E-state index in [1.807, 2.05) is 79.7 Å². The summed E-state index contributed by atoms with van der Waals surface area (Å²) in [6, 6.07) is 21.0. The van der Waals surface area contributed by atoms with Crippen LogP contribution >= 0.6 is 0 Å². The van der Waals surface area contributed by atoms with E-state index in [9.17, 15) is 4.79 Å². The Labute approximate surface area is 216 Å². The largest absolute Gasteiger partial charge is 0.493 e. The summed E-state index contributed by atoms with van der Waals surface area (Å²) < 4.78 is 10.9. The summed E-state index contributed by atoms with van der Waals surface area (Å²) in [5.74, 6) is 1.99. The average Bonchev–Trinajstić information content (AvgIpc) is 2.92. The summed E-state index contributed by atoms with van der Waals surface area (Å²) in [4.78, 5) is 21.7. The number of aryl methyl sites for hydroxylation is 1. The van der Waals surface area contributed by atoms with E-state index >= 15 is 0 Å². The maximum Gasteiger partial charge on any atom is 0.253 e. The number of methoxy groups -OCH3 is 2. The fourth-order valence-electron chi connectivity index (χ4n) is 3.83. The lowest BCUT2D eigenvalue weighted by atomic mass is 10.1. The van der Waals surface area contributed by atoms with Crippen LogP contribution in [0.2, 0.25) is 0 Å². The van der Waals surface area contributed by atoms with Gasteiger partial charge >= 0.3 is 0 Å². The van der Waals surface area contributed by atoms with Gasteiger partial charge in [-0.3, -0.25) is 4.79 Å². The molecule has 0 bridgehead atoms. The summed E-state index contributed by atoms with van der Waals surface area (Å²) >= 11 is 0. The third-order valence-corrected chi connectivity index (χ3v) is 5.64. The van der Waals surface area contributed by atoms with E-state index in [0.717, 1.165) is 22.4 Å². The summed E-state index contributed by atoms with van der Waals surface area (Å²) in [5, 5.41) is 9.25. The van der Waals surface area contributed by atoms with Gasteiger partial charge in [0, 0.05) is 30.6 Å². The van der Waals surface area contributed by atoms with Gasteiger partial charge in [-0.05, 0) is 42.3 Å². The van der Waals surface area contributed by atoms with Crippen LogP contribution in [0.5, 0.6) is 11.5 Å². The SMILES string of the molecule is CNC(=O)c1ccccc1Nc1nc(Nc2cc(C)c(OC)c(OC)c2)ncc1/C=C/c1ccccc1. The molecule has 0 saturated carbocycles. The van der Waals surface area contributed by atoms with Gasteiger partial charge in [0.1, 0.15) is 5.82 Å². The number of carbonyl (C=O) groups is 1. The molecular weight excluding hydrogens is 466 g/mol. The normalized spacial score (nSPS) is 10.7. The van der Waals surface area contributed by atoms with Crippen molar-refractivity contribution in [3.8, 4) is 11.5 Å². The molecule has 1 aromatic heterocycles. The van der Waals surface area contributed by atoms with Gasteiger partial charge in [0.25, 0.3) is 5.91 Å². The van der Waals surface area contributed by atoms with Crippen LogP contribution in [0.4, 0.5) is 23.1 Å². The second kappa shape index (κ2) is 11.7. The number of rotatable bonds is 9. The fourth-order valence-corrected chi connectivity index (χ4v) is 3.83. The lowest BCUT2D eigenvalue weighted by Gasteiger charge is -2.15. The van der Waals surface area contributed by atoms with Crippen molar-refractivity contribution in [3.63, 3.8) is 0 Å². The number of carbonyl (C=O) groups excluding carboxylic acids is 1. The van der Waals surface area contributed by atoms with Gasteiger partial charge in [-0.1, -0.05) is 48.5 Å². The molecule has 0 atom stereocenters. The highest BCUT2D eigenvalue weighted by molar-refractivity contribution is 6.00. The first-order chi connectivity index (χ1) is 18.0. The summed E-state index contributed by atoms with van der Waals surface area (Å²) in [5.41, 5.74) is 4.59. The lowest BCUT2D eigenvalue weighted by molar-refractivity contribution is 0.0964. The quantitative estimate of drug-likeness (QED) is 0.269. The zero-order valence-corrected chi connectivity index (χ0v) is 21.2. The first-order valence-corrected chi connectivity index (χ1v) is 11.7. The molecule has 0 fully saturated rings. The van der Waals surface area contributed by atoms with E-state index < -0.39 is 0 Å². The van der Waals surface area contributed by atoms with E-state index in [0.29, 0.717) is 34.5 Å². The van der Waals surface area contributed by atoms with E-state index in [1.165, 1.54) is 0 Å². The summed E-state index contributed by atoms with van der Waals surface area (Å²) in [6.45, 7) is 1.94. The predicted octanol–water partition coefficient (Wildman–Crippen LogP) is 5.82. The van der Waals surface area contributed by atoms with Gasteiger partial charge in [0.2, 0.25) is 5.95 Å². The van der Waals surface area contributed by atoms with Gasteiger partial charge in [0.15, 0.2) is 11.5 Å². The first kappa shape index (κ1) is 25.2. The number of benzene rings is 3. The lowest BCUT2D eigenvalue weighted by Crippen LogP contribution is -2.19. The van der Waals surface area contributed by atoms with Crippen molar-refractivity contribution >= 4 is 41.2 Å². The summed E-state index contributed by atoms with van der Waals surface area (Å²) in [7, 11) is 4.81. The Morgan fingerprint density at radius 2 is 1.68 bits per heavy atom. The molecule has 8 heteroatoms. The number of nitrogens with one attached hydrogen (secondary N) is 3. The molecule has 3 aromatic carbocycles. The fraction of sp³-hybridized carbons (Fsp3) is 0.138. The third-order valence-electron chi connectivity index (χ3n) is 5.64. The van der Waals surface area contributed by atoms with Crippen molar-refractivity contribution < 1.29 is 14.3 Å². The van der Waals surface area contributed by atoms with E-state index in [2.05, 4.69) is 20.9 Å². The monoisotopic (exact) mass is 495 g/mol. The predicted molar refractivity (Wildman–Crippen MR) is 148 cm³/mol. The zero-order valence-electron chi connectivity index (χ0n) is 21.2. The molecule has 0 unspecified atom stereocenters. The van der Waals surface area contributed by atoms with Crippen molar-refractivity contribution in [2.75, 3.05) is 31.9 Å². The van der Waals surface area contributed by atoms with Crippen LogP contribution in [0, 0.1) is 6.92 Å². The van der Waals surface area contributed by atoms with Gasteiger partial charge < -0.3 is 25.4 Å². The van der Waals surface area contributed by atoms with Crippen molar-refractivity contribution in [2.24, 2.45) is 0 Å². The van der Waals surface area contributed by atoms with E-state index in [-0.39, 0.29) is 5.91 Å². The number of aromatic nitrogens is 2. The molecule has 4 rings (SSSR count). The standard InChI is InChI=1S/C29H29N5O3/c1-19-16-22(17-25(36-3)26(19)37-4)32-29-31-18-21(15-14-20-10-6-5-7-11-20)27(34-29)33-24-13-9-8-12-23(24)28(35)30-2/h5-18H,1-4H3,(H,30,35)(H2,31,32,33,34)/b15-14+. The average molecular weight is 496 g/mol. The Morgan fingerprint density at radius 1 is 0.919 bits per heavy atom. The van der Waals surface area contributed by atoms with Gasteiger partial charge in [-0.15, -0.1) is 0 Å². The first-order valence-electron chi connectivity index (χ1n) is 11.7. The molecule has 188 valence electrons. The van der Waals surface area contributed by atoms with Crippen LogP contribution < -0.4 is 25.4 Å². The Bertz CT molecular complexity index is 1420. The molecule has 0 saturated heterocycles. The van der Waals surface area contributed by atoms with Crippen molar-refractivity contribution in [1.29, 1.82) is 0 Å². The van der Waals surface area contributed by atoms with Crippen molar-refractivity contribution in [3.05, 3.63) is 95.2 Å². The van der Waals surface area contributed by atoms with Crippen molar-refractivity contribution in [1.82, 2.24) is 15.3 Å². The maximum absolute atomic E-state index is 12.4. The molecule has 0 aliphatic carbocycles. The Morgan fingerprint density at radius 3 is 2.41 bits per heavy atom. The molecule has 3 N–H and O–H groups in total. The van der Waals surface area contributed by atoms with E-state index in [1.54, 1.807) is 33.5 Å². The molecule has 0 spiro atoms. The molecule has 1 amide bonds. The van der Waals surface area contributed by atoms with Crippen molar-refractivity contribution in [2.45, 2.75) is 6.92 Å².